The van der Waals surface area contributed by atoms with E-state index in [9.17, 15) is 0 Å². The van der Waals surface area contributed by atoms with Crippen molar-refractivity contribution in [1.82, 2.24) is 4.98 Å². The zero-order valence-corrected chi connectivity index (χ0v) is 18.1. The Morgan fingerprint density at radius 3 is 2.59 bits per heavy atom. The van der Waals surface area contributed by atoms with Crippen LogP contribution in [-0.4, -0.2) is 4.98 Å². The topological polar surface area (TPSA) is 26.0 Å². The molecule has 0 aliphatic heterocycles. The molecule has 0 spiro atoms. The summed E-state index contributed by atoms with van der Waals surface area (Å²) in [5.74, 6) is 3.81. The monoisotopic (exact) mass is 365 g/mol. The van der Waals surface area contributed by atoms with Gasteiger partial charge < -0.3 is 4.42 Å². The van der Waals surface area contributed by atoms with E-state index in [0.717, 1.165) is 29.3 Å². The SMILES string of the molecule is CC[C@H](C)c1nc2c(C)c3c4c(c2o1)[C@@H](C)CC[C@@H]4[C@@H](C)C[C@H]3C=C(C)C. The van der Waals surface area contributed by atoms with Crippen molar-refractivity contribution < 1.29 is 4.42 Å². The Hall–Kier alpha value is -1.57. The number of allylic oxidation sites excluding steroid dienone is 2. The van der Waals surface area contributed by atoms with Crippen LogP contribution in [0.15, 0.2) is 16.1 Å². The van der Waals surface area contributed by atoms with Crippen LogP contribution < -0.4 is 0 Å². The molecule has 27 heavy (non-hydrogen) atoms. The van der Waals surface area contributed by atoms with Crippen LogP contribution in [0, 0.1) is 12.8 Å². The normalized spacial score (nSPS) is 28.1. The van der Waals surface area contributed by atoms with Gasteiger partial charge in [0.05, 0.1) is 0 Å². The lowest BCUT2D eigenvalue weighted by Crippen LogP contribution is -2.28. The average Bonchev–Trinajstić information content (AvgIpc) is 3.05. The zero-order chi connectivity index (χ0) is 19.5. The minimum absolute atomic E-state index is 0.378. The predicted molar refractivity (Wildman–Crippen MR) is 114 cm³/mol. The minimum Gasteiger partial charge on any atom is -0.440 e. The van der Waals surface area contributed by atoms with Gasteiger partial charge in [0.2, 0.25) is 0 Å². The third-order valence-electron chi connectivity index (χ3n) is 7.25. The molecule has 0 unspecified atom stereocenters. The first kappa shape index (κ1) is 18.8. The number of fused-ring (bicyclic) bond motifs is 2. The standard InChI is InChI=1S/C25H35NO/c1-8-14(4)25-26-23-17(7)21-18(11-13(2)3)12-16(6)19-10-9-15(5)20(22(19)21)24(23)27-25/h11,14-16,18-19H,8-10,12H2,1-7H3/t14-,15-,16-,18+,19+/m0/s1. The molecule has 2 heteroatoms. The highest BCUT2D eigenvalue weighted by atomic mass is 16.3. The fourth-order valence-corrected chi connectivity index (χ4v) is 5.65. The summed E-state index contributed by atoms with van der Waals surface area (Å²) in [5.41, 5.74) is 9.72. The first-order valence-electron chi connectivity index (χ1n) is 10.9. The maximum absolute atomic E-state index is 6.47. The Bertz CT molecular complexity index is 899. The van der Waals surface area contributed by atoms with Crippen LogP contribution in [0.2, 0.25) is 0 Å². The molecule has 0 fully saturated rings. The molecule has 2 aromatic rings. The average molecular weight is 366 g/mol. The summed E-state index contributed by atoms with van der Waals surface area (Å²) >= 11 is 0. The van der Waals surface area contributed by atoms with Crippen LogP contribution in [0.1, 0.15) is 119 Å². The van der Waals surface area contributed by atoms with Crippen molar-refractivity contribution in [2.75, 3.05) is 0 Å². The van der Waals surface area contributed by atoms with Crippen LogP contribution >= 0.6 is 0 Å². The van der Waals surface area contributed by atoms with E-state index in [1.165, 1.54) is 36.0 Å². The number of nitrogens with zero attached hydrogens (tertiary/aromatic N) is 1. The lowest BCUT2D eigenvalue weighted by molar-refractivity contribution is 0.332. The molecule has 1 aromatic carbocycles. The largest absolute Gasteiger partial charge is 0.440 e. The highest BCUT2D eigenvalue weighted by Gasteiger charge is 2.40. The number of benzene rings is 1. The molecule has 0 saturated heterocycles. The third-order valence-corrected chi connectivity index (χ3v) is 7.25. The lowest BCUT2D eigenvalue weighted by Gasteiger charge is -2.42. The van der Waals surface area contributed by atoms with Crippen molar-refractivity contribution in [3.05, 3.63) is 39.8 Å². The van der Waals surface area contributed by atoms with Crippen LogP contribution in [0.25, 0.3) is 11.1 Å². The zero-order valence-electron chi connectivity index (χ0n) is 18.1. The second-order valence-electron chi connectivity index (χ2n) is 9.55. The first-order valence-corrected chi connectivity index (χ1v) is 10.9. The summed E-state index contributed by atoms with van der Waals surface area (Å²) in [6.07, 6.45) is 7.42. The Kier molecular flexibility index (Phi) is 4.72. The summed E-state index contributed by atoms with van der Waals surface area (Å²) in [6.45, 7) is 16.1. The maximum atomic E-state index is 6.47. The number of rotatable bonds is 3. The van der Waals surface area contributed by atoms with Gasteiger partial charge in [0.25, 0.3) is 0 Å². The fraction of sp³-hybridized carbons (Fsp3) is 0.640. The van der Waals surface area contributed by atoms with E-state index in [1.807, 2.05) is 0 Å². The molecule has 2 nitrogen and oxygen atoms in total. The van der Waals surface area contributed by atoms with E-state index >= 15 is 0 Å². The maximum Gasteiger partial charge on any atom is 0.198 e. The van der Waals surface area contributed by atoms with Gasteiger partial charge in [0.15, 0.2) is 11.5 Å². The Morgan fingerprint density at radius 2 is 1.93 bits per heavy atom. The Morgan fingerprint density at radius 1 is 1.19 bits per heavy atom. The van der Waals surface area contributed by atoms with E-state index in [4.69, 9.17) is 9.40 Å². The van der Waals surface area contributed by atoms with E-state index < -0.39 is 0 Å². The number of aryl methyl sites for hydroxylation is 1. The number of oxazole rings is 1. The summed E-state index contributed by atoms with van der Waals surface area (Å²) in [5, 5.41) is 0. The van der Waals surface area contributed by atoms with E-state index in [1.54, 1.807) is 11.1 Å². The molecule has 146 valence electrons. The molecule has 2 aliphatic carbocycles. The first-order chi connectivity index (χ1) is 12.8. The predicted octanol–water partition coefficient (Wildman–Crippen LogP) is 7.72. The molecule has 0 amide bonds. The minimum atomic E-state index is 0.378. The number of aromatic nitrogens is 1. The van der Waals surface area contributed by atoms with Gasteiger partial charge in [-0.3, -0.25) is 0 Å². The summed E-state index contributed by atoms with van der Waals surface area (Å²) in [7, 11) is 0. The third kappa shape index (κ3) is 2.87. The van der Waals surface area contributed by atoms with Crippen LogP contribution in [0.3, 0.4) is 0 Å². The molecule has 0 N–H and O–H groups in total. The molecule has 1 heterocycles. The quantitative estimate of drug-likeness (QED) is 0.520. The van der Waals surface area contributed by atoms with Gasteiger partial charge in [-0.2, -0.15) is 0 Å². The Labute approximate surface area is 164 Å². The Balaban J connectivity index is 2.07. The second-order valence-corrected chi connectivity index (χ2v) is 9.55. The van der Waals surface area contributed by atoms with Gasteiger partial charge in [-0.15, -0.1) is 0 Å². The molecular weight excluding hydrogens is 330 g/mol. The molecular formula is C25H35NO. The summed E-state index contributed by atoms with van der Waals surface area (Å²) < 4.78 is 6.47. The molecule has 0 radical (unpaired) electrons. The molecule has 5 atom stereocenters. The molecule has 0 saturated carbocycles. The fourth-order valence-electron chi connectivity index (χ4n) is 5.65. The van der Waals surface area contributed by atoms with Crippen LogP contribution in [0.4, 0.5) is 0 Å². The van der Waals surface area contributed by atoms with Crippen molar-refractivity contribution in [2.45, 2.75) is 97.8 Å². The van der Waals surface area contributed by atoms with Gasteiger partial charge in [-0.05, 0) is 80.9 Å². The summed E-state index contributed by atoms with van der Waals surface area (Å²) in [6, 6.07) is 0. The number of hydrogen-bond donors (Lipinski definition) is 0. The molecule has 1 aromatic heterocycles. The van der Waals surface area contributed by atoms with Crippen molar-refractivity contribution in [3.63, 3.8) is 0 Å². The summed E-state index contributed by atoms with van der Waals surface area (Å²) in [4.78, 5) is 5.03. The second kappa shape index (κ2) is 6.79. The van der Waals surface area contributed by atoms with Crippen molar-refractivity contribution >= 4 is 11.1 Å². The van der Waals surface area contributed by atoms with Crippen molar-refractivity contribution in [1.29, 1.82) is 0 Å². The van der Waals surface area contributed by atoms with Crippen molar-refractivity contribution in [2.24, 2.45) is 5.92 Å². The molecule has 0 bridgehead atoms. The molecule has 2 aliphatic rings. The van der Waals surface area contributed by atoms with Gasteiger partial charge in [0, 0.05) is 17.4 Å². The highest BCUT2D eigenvalue weighted by Crippen LogP contribution is 2.55. The van der Waals surface area contributed by atoms with Crippen LogP contribution in [0.5, 0.6) is 0 Å². The van der Waals surface area contributed by atoms with Gasteiger partial charge >= 0.3 is 0 Å². The molecule has 4 rings (SSSR count). The number of hydrogen-bond acceptors (Lipinski definition) is 2. The van der Waals surface area contributed by atoms with Crippen LogP contribution in [-0.2, 0) is 0 Å². The smallest absolute Gasteiger partial charge is 0.198 e. The van der Waals surface area contributed by atoms with E-state index in [-0.39, 0.29) is 0 Å². The van der Waals surface area contributed by atoms with Gasteiger partial charge in [-0.1, -0.05) is 39.3 Å². The van der Waals surface area contributed by atoms with Crippen molar-refractivity contribution in [3.8, 4) is 0 Å². The lowest BCUT2D eigenvalue weighted by atomic mass is 9.62. The highest BCUT2D eigenvalue weighted by molar-refractivity contribution is 5.85. The van der Waals surface area contributed by atoms with E-state index in [2.05, 4.69) is 54.5 Å². The van der Waals surface area contributed by atoms with E-state index in [0.29, 0.717) is 23.7 Å². The van der Waals surface area contributed by atoms with Gasteiger partial charge in [0.1, 0.15) is 5.52 Å². The van der Waals surface area contributed by atoms with Gasteiger partial charge in [-0.25, -0.2) is 4.98 Å².